The normalized spacial score (nSPS) is 15.7. The van der Waals surface area contributed by atoms with Gasteiger partial charge in [0.1, 0.15) is 6.33 Å². The molecule has 1 aromatic heterocycles. The number of hydrogen-bond acceptors (Lipinski definition) is 3. The van der Waals surface area contributed by atoms with Crippen molar-refractivity contribution in [2.75, 3.05) is 4.90 Å². The van der Waals surface area contributed by atoms with Gasteiger partial charge in [0.2, 0.25) is 0 Å². The highest BCUT2D eigenvalue weighted by molar-refractivity contribution is 6.10. The first-order chi connectivity index (χ1) is 13.0. The molecule has 0 fully saturated rings. The summed E-state index contributed by atoms with van der Waals surface area (Å²) >= 11 is 0. The van der Waals surface area contributed by atoms with Crippen LogP contribution in [-0.2, 0) is 13.6 Å². The van der Waals surface area contributed by atoms with Gasteiger partial charge in [-0.15, -0.1) is 10.2 Å². The molecular formula is C21H21FN4O. The summed E-state index contributed by atoms with van der Waals surface area (Å²) in [6, 6.07) is 13.3. The molecule has 1 aliphatic rings. The molecular weight excluding hydrogens is 343 g/mol. The highest BCUT2D eigenvalue weighted by Crippen LogP contribution is 2.36. The minimum Gasteiger partial charge on any atom is -0.318 e. The van der Waals surface area contributed by atoms with E-state index in [2.05, 4.69) is 10.2 Å². The molecule has 2 heterocycles. The van der Waals surface area contributed by atoms with Crippen molar-refractivity contribution in [3.63, 3.8) is 0 Å². The number of nitrogens with zero attached hydrogens (tertiary/aromatic N) is 4. The Kier molecular flexibility index (Phi) is 4.26. The Hall–Kier alpha value is -3.02. The number of amides is 1. The van der Waals surface area contributed by atoms with E-state index in [0.717, 1.165) is 27.9 Å². The number of benzene rings is 2. The van der Waals surface area contributed by atoms with Gasteiger partial charge in [-0.3, -0.25) is 4.79 Å². The summed E-state index contributed by atoms with van der Waals surface area (Å²) in [5, 5.41) is 7.65. The SMILES string of the molecule is Cc1cccc2c1CN(c1cccc([C@H](C)[C@@H](F)c3nncn3C)c1)C2=O. The van der Waals surface area contributed by atoms with Crippen molar-refractivity contribution in [2.24, 2.45) is 7.05 Å². The van der Waals surface area contributed by atoms with Crippen molar-refractivity contribution in [3.05, 3.63) is 76.9 Å². The molecule has 4 rings (SSSR count). The van der Waals surface area contributed by atoms with E-state index >= 15 is 0 Å². The van der Waals surface area contributed by atoms with Crippen molar-refractivity contribution in [1.82, 2.24) is 14.8 Å². The van der Waals surface area contributed by atoms with Crippen molar-refractivity contribution >= 4 is 11.6 Å². The lowest BCUT2D eigenvalue weighted by molar-refractivity contribution is 0.0996. The van der Waals surface area contributed by atoms with Gasteiger partial charge in [-0.1, -0.05) is 31.2 Å². The second kappa shape index (κ2) is 6.61. The lowest BCUT2D eigenvalue weighted by Gasteiger charge is -2.20. The van der Waals surface area contributed by atoms with Crippen molar-refractivity contribution < 1.29 is 9.18 Å². The lowest BCUT2D eigenvalue weighted by Crippen LogP contribution is -2.23. The van der Waals surface area contributed by atoms with E-state index in [1.165, 1.54) is 6.33 Å². The van der Waals surface area contributed by atoms with Crippen LogP contribution in [-0.4, -0.2) is 20.7 Å². The Labute approximate surface area is 157 Å². The number of alkyl halides is 1. The summed E-state index contributed by atoms with van der Waals surface area (Å²) in [5.41, 5.74) is 4.52. The molecule has 0 spiro atoms. The van der Waals surface area contributed by atoms with Crippen LogP contribution in [0, 0.1) is 6.92 Å². The molecule has 138 valence electrons. The fourth-order valence-corrected chi connectivity index (χ4v) is 3.61. The number of anilines is 1. The van der Waals surface area contributed by atoms with E-state index in [1.54, 1.807) is 16.5 Å². The van der Waals surface area contributed by atoms with Gasteiger partial charge in [-0.25, -0.2) is 4.39 Å². The zero-order valence-electron chi connectivity index (χ0n) is 15.6. The maximum absolute atomic E-state index is 15.0. The molecule has 0 bridgehead atoms. The van der Waals surface area contributed by atoms with Crippen LogP contribution in [0.1, 0.15) is 51.9 Å². The van der Waals surface area contributed by atoms with Crippen LogP contribution in [0.15, 0.2) is 48.8 Å². The van der Waals surface area contributed by atoms with Gasteiger partial charge in [0, 0.05) is 24.2 Å². The average Bonchev–Trinajstić information content (AvgIpc) is 3.25. The number of rotatable bonds is 4. The highest BCUT2D eigenvalue weighted by Gasteiger charge is 2.30. The molecule has 27 heavy (non-hydrogen) atoms. The molecule has 5 nitrogen and oxygen atoms in total. The van der Waals surface area contributed by atoms with Gasteiger partial charge in [0.05, 0.1) is 6.54 Å². The molecule has 2 atom stereocenters. The first kappa shape index (κ1) is 17.4. The molecule has 0 saturated carbocycles. The van der Waals surface area contributed by atoms with Gasteiger partial charge in [0.15, 0.2) is 12.0 Å². The number of carbonyl (C=O) groups excluding carboxylic acids is 1. The zero-order valence-corrected chi connectivity index (χ0v) is 15.6. The monoisotopic (exact) mass is 364 g/mol. The number of aryl methyl sites for hydroxylation is 2. The Morgan fingerprint density at radius 2 is 1.96 bits per heavy atom. The van der Waals surface area contributed by atoms with Crippen LogP contribution in [0.3, 0.4) is 0 Å². The van der Waals surface area contributed by atoms with Crippen LogP contribution < -0.4 is 4.90 Å². The topological polar surface area (TPSA) is 51.0 Å². The Morgan fingerprint density at radius 3 is 2.67 bits per heavy atom. The minimum absolute atomic E-state index is 0.0106. The van der Waals surface area contributed by atoms with Gasteiger partial charge < -0.3 is 9.47 Å². The summed E-state index contributed by atoms with van der Waals surface area (Å²) in [4.78, 5) is 14.6. The summed E-state index contributed by atoms with van der Waals surface area (Å²) < 4.78 is 16.5. The quantitative estimate of drug-likeness (QED) is 0.700. The molecule has 0 unspecified atom stereocenters. The summed E-state index contributed by atoms with van der Waals surface area (Å²) in [7, 11) is 1.73. The summed E-state index contributed by atoms with van der Waals surface area (Å²) in [5.74, 6) is -0.119. The van der Waals surface area contributed by atoms with Gasteiger partial charge >= 0.3 is 0 Å². The van der Waals surface area contributed by atoms with E-state index < -0.39 is 12.1 Å². The molecule has 2 aromatic carbocycles. The number of hydrogen-bond donors (Lipinski definition) is 0. The molecule has 0 N–H and O–H groups in total. The second-order valence-electron chi connectivity index (χ2n) is 7.08. The van der Waals surface area contributed by atoms with Crippen LogP contribution in [0.2, 0.25) is 0 Å². The molecule has 1 amide bonds. The standard InChI is InChI=1S/C21H21FN4O/c1-13-6-4-9-17-18(13)11-26(21(17)27)16-8-5-7-15(10-16)14(2)19(22)20-24-23-12-25(20)3/h4-10,12,14,19H,11H2,1-3H3/t14-,19+/m0/s1. The number of carbonyl (C=O) groups is 1. The molecule has 3 aromatic rings. The predicted octanol–water partition coefficient (Wildman–Crippen LogP) is 4.10. The fraction of sp³-hybridized carbons (Fsp3) is 0.286. The first-order valence-corrected chi connectivity index (χ1v) is 8.95. The van der Waals surface area contributed by atoms with Crippen molar-refractivity contribution in [3.8, 4) is 0 Å². The fourth-order valence-electron chi connectivity index (χ4n) is 3.61. The Morgan fingerprint density at radius 1 is 1.19 bits per heavy atom. The molecule has 1 aliphatic heterocycles. The van der Waals surface area contributed by atoms with Crippen LogP contribution in [0.5, 0.6) is 0 Å². The Bertz CT molecular complexity index is 1010. The Balaban J connectivity index is 1.63. The largest absolute Gasteiger partial charge is 0.318 e. The van der Waals surface area contributed by atoms with Crippen LogP contribution >= 0.6 is 0 Å². The third-order valence-corrected chi connectivity index (χ3v) is 5.34. The van der Waals surface area contributed by atoms with Gasteiger partial charge in [-0.05, 0) is 41.8 Å². The summed E-state index contributed by atoms with van der Waals surface area (Å²) in [6.45, 7) is 4.38. The maximum atomic E-state index is 15.0. The predicted molar refractivity (Wildman–Crippen MR) is 101 cm³/mol. The maximum Gasteiger partial charge on any atom is 0.258 e. The van der Waals surface area contributed by atoms with E-state index in [4.69, 9.17) is 0 Å². The molecule has 6 heteroatoms. The van der Waals surface area contributed by atoms with Crippen LogP contribution in [0.4, 0.5) is 10.1 Å². The number of halogens is 1. The average molecular weight is 364 g/mol. The van der Waals surface area contributed by atoms with Gasteiger partial charge in [0.25, 0.3) is 5.91 Å². The molecule has 0 aliphatic carbocycles. The lowest BCUT2D eigenvalue weighted by atomic mass is 9.95. The number of aromatic nitrogens is 3. The van der Waals surface area contributed by atoms with Crippen LogP contribution in [0.25, 0.3) is 0 Å². The minimum atomic E-state index is -1.28. The van der Waals surface area contributed by atoms with E-state index in [-0.39, 0.29) is 5.91 Å². The van der Waals surface area contributed by atoms with Crippen molar-refractivity contribution in [1.29, 1.82) is 0 Å². The first-order valence-electron chi connectivity index (χ1n) is 8.95. The number of fused-ring (bicyclic) bond motifs is 1. The third kappa shape index (κ3) is 2.91. The molecule has 0 radical (unpaired) electrons. The third-order valence-electron chi connectivity index (χ3n) is 5.34. The zero-order chi connectivity index (χ0) is 19.1. The van der Waals surface area contributed by atoms with Gasteiger partial charge in [-0.2, -0.15) is 0 Å². The summed E-state index contributed by atoms with van der Waals surface area (Å²) in [6.07, 6.45) is 0.217. The van der Waals surface area contributed by atoms with E-state index in [0.29, 0.717) is 12.4 Å². The van der Waals surface area contributed by atoms with Crippen molar-refractivity contribution in [2.45, 2.75) is 32.5 Å². The van der Waals surface area contributed by atoms with E-state index in [9.17, 15) is 9.18 Å². The van der Waals surface area contributed by atoms with E-state index in [1.807, 2.05) is 56.3 Å². The smallest absolute Gasteiger partial charge is 0.258 e. The second-order valence-corrected chi connectivity index (χ2v) is 7.08. The highest BCUT2D eigenvalue weighted by atomic mass is 19.1. The molecule has 0 saturated heterocycles.